The molecule has 1 radical (unpaired) electrons. The quantitative estimate of drug-likeness (QED) is 0.356. The van der Waals surface area contributed by atoms with Crippen molar-refractivity contribution in [1.29, 1.82) is 0 Å². The van der Waals surface area contributed by atoms with Crippen LogP contribution in [0.1, 0.15) is 35.1 Å². The predicted octanol–water partition coefficient (Wildman–Crippen LogP) is 1.84. The second kappa shape index (κ2) is 5.23. The summed E-state index contributed by atoms with van der Waals surface area (Å²) in [6, 6.07) is 2.42. The summed E-state index contributed by atoms with van der Waals surface area (Å²) in [6.07, 6.45) is 7.22. The average Bonchev–Trinajstić information content (AvgIpc) is 2.94. The third-order valence-corrected chi connectivity index (χ3v) is 4.41. The Morgan fingerprint density at radius 3 is 2.26 bits per heavy atom. The Hall–Kier alpha value is -0.901. The number of hydrogen-bond acceptors (Lipinski definition) is 1. The molecule has 0 bridgehead atoms. The molecule has 0 saturated heterocycles. The summed E-state index contributed by atoms with van der Waals surface area (Å²) >= 11 is 7.73. The van der Waals surface area contributed by atoms with Crippen molar-refractivity contribution >= 4 is 43.8 Å². The Balaban J connectivity index is 2.03. The van der Waals surface area contributed by atoms with Crippen LogP contribution in [0.4, 0.5) is 5.69 Å². The second-order valence-electron chi connectivity index (χ2n) is 5.11. The molecular formula is C14H16N3SSe. The molecule has 0 aliphatic heterocycles. The fraction of sp³-hybridized carbons (Fsp3) is 0.429. The third-order valence-electron chi connectivity index (χ3n) is 3.92. The van der Waals surface area contributed by atoms with Gasteiger partial charge in [-0.15, -0.1) is 0 Å². The van der Waals surface area contributed by atoms with Crippen molar-refractivity contribution in [3.63, 3.8) is 0 Å². The number of nitrogens with two attached hydrogens (primary N) is 1. The standard InChI is InChI=1S/C14H16N3SSe/c15-13(18)17-14(19)16-12-10-5-1-3-8(10)7-9-4-2-6-11(9)12/h7H,1-6H2,(H3,15,16,17,18). The minimum atomic E-state index is 0.158. The second-order valence-corrected chi connectivity index (χ2v) is 6.34. The Labute approximate surface area is 126 Å². The first-order chi connectivity index (χ1) is 9.15. The first kappa shape index (κ1) is 13.1. The molecule has 3 nitrogen and oxygen atoms in total. The van der Waals surface area contributed by atoms with Crippen molar-refractivity contribution in [3.8, 4) is 0 Å². The molecule has 0 aromatic heterocycles. The van der Waals surface area contributed by atoms with E-state index in [4.69, 9.17) is 18.0 Å². The fourth-order valence-electron chi connectivity index (χ4n) is 3.20. The Kier molecular flexibility index (Phi) is 3.61. The van der Waals surface area contributed by atoms with E-state index >= 15 is 0 Å². The molecule has 0 atom stereocenters. The summed E-state index contributed by atoms with van der Waals surface area (Å²) in [7, 11) is 0. The molecule has 0 amide bonds. The van der Waals surface area contributed by atoms with Crippen LogP contribution in [0, 0.1) is 0 Å². The predicted molar refractivity (Wildman–Crippen MR) is 84.1 cm³/mol. The average molecular weight is 337 g/mol. The van der Waals surface area contributed by atoms with Crippen LogP contribution in [-0.2, 0) is 25.7 Å². The summed E-state index contributed by atoms with van der Waals surface area (Å²) in [5.74, 6) is 0. The Morgan fingerprint density at radius 1 is 1.16 bits per heavy atom. The van der Waals surface area contributed by atoms with Crippen LogP contribution in [0.25, 0.3) is 0 Å². The van der Waals surface area contributed by atoms with E-state index in [1.807, 2.05) is 0 Å². The first-order valence-electron chi connectivity index (χ1n) is 6.64. The number of aliphatic imine (C=N–C) groups is 1. The summed E-state index contributed by atoms with van der Waals surface area (Å²) < 4.78 is 0.668. The van der Waals surface area contributed by atoms with Gasteiger partial charge in [-0.05, 0) is 0 Å². The van der Waals surface area contributed by atoms with E-state index in [0.29, 0.717) is 4.73 Å². The van der Waals surface area contributed by atoms with Crippen molar-refractivity contribution in [3.05, 3.63) is 28.3 Å². The number of nitrogens with zero attached hydrogens (tertiary/aromatic N) is 1. The number of hydrogen-bond donors (Lipinski definition) is 2. The number of rotatable bonds is 1. The van der Waals surface area contributed by atoms with Crippen LogP contribution in [-0.4, -0.2) is 25.9 Å². The van der Waals surface area contributed by atoms with Gasteiger partial charge in [0, 0.05) is 0 Å². The molecule has 0 unspecified atom stereocenters. The Morgan fingerprint density at radius 2 is 1.74 bits per heavy atom. The van der Waals surface area contributed by atoms with Gasteiger partial charge in [0.15, 0.2) is 0 Å². The molecule has 0 spiro atoms. The first-order valence-corrected chi connectivity index (χ1v) is 7.90. The van der Waals surface area contributed by atoms with E-state index in [1.165, 1.54) is 53.6 Å². The van der Waals surface area contributed by atoms with Crippen molar-refractivity contribution in [2.75, 3.05) is 5.32 Å². The Bertz CT molecular complexity index is 548. The zero-order valence-electron chi connectivity index (χ0n) is 10.7. The van der Waals surface area contributed by atoms with E-state index in [9.17, 15) is 0 Å². The van der Waals surface area contributed by atoms with Crippen LogP contribution in [0.3, 0.4) is 0 Å². The van der Waals surface area contributed by atoms with Gasteiger partial charge in [0.25, 0.3) is 0 Å². The minimum absolute atomic E-state index is 0.158. The number of anilines is 1. The van der Waals surface area contributed by atoms with Crippen LogP contribution < -0.4 is 11.1 Å². The van der Waals surface area contributed by atoms with E-state index in [-0.39, 0.29) is 5.11 Å². The van der Waals surface area contributed by atoms with Crippen LogP contribution in [0.2, 0.25) is 0 Å². The van der Waals surface area contributed by atoms with Crippen molar-refractivity contribution < 1.29 is 0 Å². The summed E-state index contributed by atoms with van der Waals surface area (Å²) in [5.41, 5.74) is 12.7. The van der Waals surface area contributed by atoms with Crippen molar-refractivity contribution in [2.24, 2.45) is 10.7 Å². The van der Waals surface area contributed by atoms with E-state index < -0.39 is 0 Å². The molecule has 1 aromatic carbocycles. The maximum absolute atomic E-state index is 5.46. The number of thiocarbonyl (C=S) groups is 1. The van der Waals surface area contributed by atoms with Crippen molar-refractivity contribution in [1.82, 2.24) is 0 Å². The molecule has 0 saturated carbocycles. The molecular weight excluding hydrogens is 321 g/mol. The van der Waals surface area contributed by atoms with Gasteiger partial charge in [0.1, 0.15) is 0 Å². The van der Waals surface area contributed by atoms with E-state index in [0.717, 1.165) is 12.8 Å². The van der Waals surface area contributed by atoms with E-state index in [2.05, 4.69) is 32.4 Å². The van der Waals surface area contributed by atoms with Gasteiger partial charge in [-0.3, -0.25) is 0 Å². The molecule has 2 aliphatic carbocycles. The zero-order valence-corrected chi connectivity index (χ0v) is 13.2. The molecule has 99 valence electrons. The molecule has 19 heavy (non-hydrogen) atoms. The molecule has 1 aromatic rings. The van der Waals surface area contributed by atoms with Crippen LogP contribution >= 0.6 is 12.2 Å². The molecule has 2 aliphatic rings. The van der Waals surface area contributed by atoms with Gasteiger partial charge in [-0.1, -0.05) is 0 Å². The number of aryl methyl sites for hydroxylation is 2. The van der Waals surface area contributed by atoms with Gasteiger partial charge in [0.2, 0.25) is 0 Å². The third kappa shape index (κ3) is 2.55. The normalized spacial score (nSPS) is 17.2. The summed E-state index contributed by atoms with van der Waals surface area (Å²) in [4.78, 5) is 4.08. The van der Waals surface area contributed by atoms with Gasteiger partial charge in [-0.25, -0.2) is 0 Å². The van der Waals surface area contributed by atoms with Crippen LogP contribution in [0.5, 0.6) is 0 Å². The van der Waals surface area contributed by atoms with Gasteiger partial charge in [0.05, 0.1) is 0 Å². The van der Waals surface area contributed by atoms with Crippen LogP contribution in [0.15, 0.2) is 11.1 Å². The monoisotopic (exact) mass is 338 g/mol. The molecule has 5 heteroatoms. The number of amidine groups is 1. The van der Waals surface area contributed by atoms with Gasteiger partial charge >= 0.3 is 127 Å². The number of benzene rings is 1. The molecule has 3 N–H and O–H groups in total. The SMILES string of the molecule is NC(=S)/N=C(\[Se])Nc1c2c(cc3c1CCC3)CCC2. The topological polar surface area (TPSA) is 50.4 Å². The number of fused-ring (bicyclic) bond motifs is 2. The fourth-order valence-corrected chi connectivity index (χ4v) is 3.84. The summed E-state index contributed by atoms with van der Waals surface area (Å²) in [5, 5.41) is 3.56. The van der Waals surface area contributed by atoms with E-state index in [1.54, 1.807) is 0 Å². The molecule has 0 heterocycles. The van der Waals surface area contributed by atoms with Gasteiger partial charge < -0.3 is 0 Å². The zero-order chi connectivity index (χ0) is 13.4. The molecule has 0 fully saturated rings. The summed E-state index contributed by atoms with van der Waals surface area (Å²) in [6.45, 7) is 0. The maximum atomic E-state index is 5.46. The molecule has 3 rings (SSSR count). The van der Waals surface area contributed by atoms with Gasteiger partial charge in [-0.2, -0.15) is 0 Å². The van der Waals surface area contributed by atoms with Crippen molar-refractivity contribution in [2.45, 2.75) is 38.5 Å². The number of nitrogens with one attached hydrogen (secondary N) is 1.